The van der Waals surface area contributed by atoms with Crippen molar-refractivity contribution in [2.75, 3.05) is 0 Å². The van der Waals surface area contributed by atoms with Gasteiger partial charge in [0.25, 0.3) is 0 Å². The number of hydrogen-bond donors (Lipinski definition) is 1. The SMILES string of the molecule is Cc1ccccc1C(N)c1ccc(Cl)cc1Br. The van der Waals surface area contributed by atoms with Gasteiger partial charge >= 0.3 is 0 Å². The van der Waals surface area contributed by atoms with Gasteiger partial charge in [0.2, 0.25) is 0 Å². The Morgan fingerprint density at radius 1 is 1.12 bits per heavy atom. The summed E-state index contributed by atoms with van der Waals surface area (Å²) in [5, 5.41) is 0.706. The maximum Gasteiger partial charge on any atom is 0.0565 e. The largest absolute Gasteiger partial charge is 0.320 e. The van der Waals surface area contributed by atoms with Crippen molar-refractivity contribution in [1.82, 2.24) is 0 Å². The van der Waals surface area contributed by atoms with Crippen LogP contribution >= 0.6 is 27.5 Å². The van der Waals surface area contributed by atoms with Crippen molar-refractivity contribution in [2.24, 2.45) is 5.73 Å². The Balaban J connectivity index is 2.44. The summed E-state index contributed by atoms with van der Waals surface area (Å²) in [6.07, 6.45) is 0. The van der Waals surface area contributed by atoms with Gasteiger partial charge in [-0.15, -0.1) is 0 Å². The van der Waals surface area contributed by atoms with Crippen molar-refractivity contribution in [3.05, 3.63) is 68.7 Å². The van der Waals surface area contributed by atoms with E-state index in [1.807, 2.05) is 30.3 Å². The Labute approximate surface area is 115 Å². The molecule has 0 saturated carbocycles. The zero-order valence-corrected chi connectivity index (χ0v) is 11.8. The average Bonchev–Trinajstić information content (AvgIpc) is 2.29. The van der Waals surface area contributed by atoms with Gasteiger partial charge in [-0.05, 0) is 35.7 Å². The standard InChI is InChI=1S/C14H13BrClN/c1-9-4-2-3-5-11(9)14(17)12-7-6-10(16)8-13(12)15/h2-8,14H,17H2,1H3. The van der Waals surface area contributed by atoms with Gasteiger partial charge in [-0.3, -0.25) is 0 Å². The summed E-state index contributed by atoms with van der Waals surface area (Å²) >= 11 is 9.43. The van der Waals surface area contributed by atoms with E-state index in [0.29, 0.717) is 5.02 Å². The van der Waals surface area contributed by atoms with Crippen LogP contribution in [0.25, 0.3) is 0 Å². The van der Waals surface area contributed by atoms with Gasteiger partial charge in [0.05, 0.1) is 6.04 Å². The Bertz CT molecular complexity index is 539. The molecular weight excluding hydrogens is 298 g/mol. The molecule has 0 spiro atoms. The van der Waals surface area contributed by atoms with Crippen molar-refractivity contribution in [3.63, 3.8) is 0 Å². The predicted octanol–water partition coefficient (Wildman–Crippen LogP) is 4.46. The molecule has 2 aromatic rings. The second-order valence-electron chi connectivity index (χ2n) is 4.00. The molecule has 0 bridgehead atoms. The molecule has 17 heavy (non-hydrogen) atoms. The Kier molecular flexibility index (Phi) is 3.87. The molecule has 0 saturated heterocycles. The first kappa shape index (κ1) is 12.6. The summed E-state index contributed by atoms with van der Waals surface area (Å²) in [6.45, 7) is 2.07. The lowest BCUT2D eigenvalue weighted by Gasteiger charge is -2.16. The van der Waals surface area contributed by atoms with Crippen LogP contribution in [-0.2, 0) is 0 Å². The summed E-state index contributed by atoms with van der Waals surface area (Å²) in [5.41, 5.74) is 9.67. The summed E-state index contributed by atoms with van der Waals surface area (Å²) in [7, 11) is 0. The Hall–Kier alpha value is -0.830. The van der Waals surface area contributed by atoms with Crippen LogP contribution in [0.1, 0.15) is 22.7 Å². The zero-order chi connectivity index (χ0) is 12.4. The molecule has 0 fully saturated rings. The quantitative estimate of drug-likeness (QED) is 0.871. The average molecular weight is 311 g/mol. The van der Waals surface area contributed by atoms with Crippen LogP contribution in [0.5, 0.6) is 0 Å². The Morgan fingerprint density at radius 3 is 2.47 bits per heavy atom. The van der Waals surface area contributed by atoms with Crippen LogP contribution in [0.15, 0.2) is 46.9 Å². The normalized spacial score (nSPS) is 12.5. The number of halogens is 2. The highest BCUT2D eigenvalue weighted by Gasteiger charge is 2.13. The molecule has 1 nitrogen and oxygen atoms in total. The van der Waals surface area contributed by atoms with Gasteiger partial charge in [0.15, 0.2) is 0 Å². The van der Waals surface area contributed by atoms with Crippen LogP contribution in [0.2, 0.25) is 5.02 Å². The molecule has 0 heterocycles. The lowest BCUT2D eigenvalue weighted by Crippen LogP contribution is -2.13. The third-order valence-electron chi connectivity index (χ3n) is 2.82. The second-order valence-corrected chi connectivity index (χ2v) is 5.29. The topological polar surface area (TPSA) is 26.0 Å². The van der Waals surface area contributed by atoms with Gasteiger partial charge in [-0.25, -0.2) is 0 Å². The first-order valence-corrected chi connectivity index (χ1v) is 6.52. The van der Waals surface area contributed by atoms with Crippen molar-refractivity contribution >= 4 is 27.5 Å². The van der Waals surface area contributed by atoms with Crippen LogP contribution < -0.4 is 5.73 Å². The predicted molar refractivity (Wildman–Crippen MR) is 76.4 cm³/mol. The molecule has 2 N–H and O–H groups in total. The molecule has 0 amide bonds. The molecule has 0 aliphatic heterocycles. The minimum absolute atomic E-state index is 0.136. The third-order valence-corrected chi connectivity index (χ3v) is 3.74. The zero-order valence-electron chi connectivity index (χ0n) is 9.45. The molecule has 2 rings (SSSR count). The summed E-state index contributed by atoms with van der Waals surface area (Å²) in [4.78, 5) is 0. The van der Waals surface area contributed by atoms with Gasteiger partial charge in [-0.1, -0.05) is 57.9 Å². The van der Waals surface area contributed by atoms with E-state index in [0.717, 1.165) is 15.6 Å². The summed E-state index contributed by atoms with van der Waals surface area (Å²) in [5.74, 6) is 0. The molecule has 1 unspecified atom stereocenters. The first-order valence-electron chi connectivity index (χ1n) is 5.35. The van der Waals surface area contributed by atoms with E-state index in [1.165, 1.54) is 5.56 Å². The molecule has 0 aliphatic carbocycles. The van der Waals surface area contributed by atoms with Crippen molar-refractivity contribution < 1.29 is 0 Å². The third kappa shape index (κ3) is 2.71. The summed E-state index contributed by atoms with van der Waals surface area (Å²) < 4.78 is 0.945. The molecule has 0 aliphatic rings. The lowest BCUT2D eigenvalue weighted by molar-refractivity contribution is 0.856. The maximum absolute atomic E-state index is 6.29. The molecule has 0 aromatic heterocycles. The van der Waals surface area contributed by atoms with Crippen LogP contribution in [0, 0.1) is 6.92 Å². The number of benzene rings is 2. The van der Waals surface area contributed by atoms with E-state index < -0.39 is 0 Å². The number of rotatable bonds is 2. The minimum atomic E-state index is -0.136. The van der Waals surface area contributed by atoms with Gasteiger partial charge in [0, 0.05) is 9.50 Å². The van der Waals surface area contributed by atoms with Crippen molar-refractivity contribution in [3.8, 4) is 0 Å². The maximum atomic E-state index is 6.29. The number of aryl methyl sites for hydroxylation is 1. The molecular formula is C14H13BrClN. The van der Waals surface area contributed by atoms with Gasteiger partial charge < -0.3 is 5.73 Å². The van der Waals surface area contributed by atoms with Gasteiger partial charge in [-0.2, -0.15) is 0 Å². The van der Waals surface area contributed by atoms with E-state index in [9.17, 15) is 0 Å². The van der Waals surface area contributed by atoms with E-state index >= 15 is 0 Å². The highest BCUT2D eigenvalue weighted by atomic mass is 79.9. The van der Waals surface area contributed by atoms with Crippen LogP contribution in [0.4, 0.5) is 0 Å². The smallest absolute Gasteiger partial charge is 0.0565 e. The fraction of sp³-hybridized carbons (Fsp3) is 0.143. The Morgan fingerprint density at radius 2 is 1.82 bits per heavy atom. The van der Waals surface area contributed by atoms with Crippen LogP contribution in [0.3, 0.4) is 0 Å². The number of nitrogens with two attached hydrogens (primary N) is 1. The van der Waals surface area contributed by atoms with E-state index in [4.69, 9.17) is 17.3 Å². The molecule has 1 atom stereocenters. The number of hydrogen-bond acceptors (Lipinski definition) is 1. The minimum Gasteiger partial charge on any atom is -0.320 e. The highest BCUT2D eigenvalue weighted by Crippen LogP contribution is 2.30. The molecule has 3 heteroatoms. The van der Waals surface area contributed by atoms with E-state index in [1.54, 1.807) is 0 Å². The second kappa shape index (κ2) is 5.21. The highest BCUT2D eigenvalue weighted by molar-refractivity contribution is 9.10. The first-order chi connectivity index (χ1) is 8.09. The van der Waals surface area contributed by atoms with Gasteiger partial charge in [0.1, 0.15) is 0 Å². The monoisotopic (exact) mass is 309 g/mol. The molecule has 2 aromatic carbocycles. The van der Waals surface area contributed by atoms with Crippen molar-refractivity contribution in [1.29, 1.82) is 0 Å². The van der Waals surface area contributed by atoms with Crippen molar-refractivity contribution in [2.45, 2.75) is 13.0 Å². The van der Waals surface area contributed by atoms with E-state index in [2.05, 4.69) is 35.0 Å². The molecule has 88 valence electrons. The fourth-order valence-electron chi connectivity index (χ4n) is 1.86. The van der Waals surface area contributed by atoms with Crippen LogP contribution in [-0.4, -0.2) is 0 Å². The molecule has 0 radical (unpaired) electrons. The van der Waals surface area contributed by atoms with E-state index in [-0.39, 0.29) is 6.04 Å². The lowest BCUT2D eigenvalue weighted by atomic mass is 9.96. The fourth-order valence-corrected chi connectivity index (χ4v) is 2.79. The summed E-state index contributed by atoms with van der Waals surface area (Å²) in [6, 6.07) is 13.7.